The SMILES string of the molecule is COc1cccc(C=NNC(=O)CN(C2CCCCC2)S(C)(=O)=O)c1O. The highest BCUT2D eigenvalue weighted by atomic mass is 32.2. The van der Waals surface area contributed by atoms with Gasteiger partial charge in [-0.15, -0.1) is 0 Å². The summed E-state index contributed by atoms with van der Waals surface area (Å²) in [5, 5.41) is 13.8. The number of carbonyl (C=O) groups is 1. The minimum atomic E-state index is -3.49. The third-order valence-electron chi connectivity index (χ3n) is 4.35. The van der Waals surface area contributed by atoms with Crippen molar-refractivity contribution in [1.82, 2.24) is 9.73 Å². The Morgan fingerprint density at radius 2 is 2.08 bits per heavy atom. The number of sulfonamides is 1. The van der Waals surface area contributed by atoms with E-state index in [-0.39, 0.29) is 18.3 Å². The molecule has 1 aromatic carbocycles. The first-order valence-corrected chi connectivity index (χ1v) is 10.3. The fourth-order valence-electron chi connectivity index (χ4n) is 3.05. The largest absolute Gasteiger partial charge is 0.504 e. The molecule has 0 saturated heterocycles. The summed E-state index contributed by atoms with van der Waals surface area (Å²) >= 11 is 0. The lowest BCUT2D eigenvalue weighted by Crippen LogP contribution is -2.45. The van der Waals surface area contributed by atoms with Crippen molar-refractivity contribution in [2.75, 3.05) is 19.9 Å². The lowest BCUT2D eigenvalue weighted by molar-refractivity contribution is -0.121. The molecule has 1 aliphatic rings. The standard InChI is InChI=1S/C17H25N3O5S/c1-25-15-10-6-7-13(17(15)22)11-18-19-16(21)12-20(26(2,23)24)14-8-4-3-5-9-14/h6-7,10-11,14,22H,3-5,8-9,12H2,1-2H3,(H,19,21). The predicted molar refractivity (Wildman–Crippen MR) is 98.8 cm³/mol. The van der Waals surface area contributed by atoms with Gasteiger partial charge in [-0.25, -0.2) is 13.8 Å². The molecule has 0 bridgehead atoms. The number of hydrogen-bond donors (Lipinski definition) is 2. The molecule has 0 atom stereocenters. The van der Waals surface area contributed by atoms with E-state index in [1.807, 2.05) is 0 Å². The molecule has 2 N–H and O–H groups in total. The zero-order valence-electron chi connectivity index (χ0n) is 15.0. The van der Waals surface area contributed by atoms with Crippen molar-refractivity contribution in [2.24, 2.45) is 5.10 Å². The van der Waals surface area contributed by atoms with Gasteiger partial charge in [0, 0.05) is 11.6 Å². The molecule has 0 aliphatic heterocycles. The van der Waals surface area contributed by atoms with Crippen LogP contribution in [0.25, 0.3) is 0 Å². The summed E-state index contributed by atoms with van der Waals surface area (Å²) < 4.78 is 30.3. The second-order valence-corrected chi connectivity index (χ2v) is 8.23. The maximum Gasteiger partial charge on any atom is 0.255 e. The smallest absolute Gasteiger partial charge is 0.255 e. The van der Waals surface area contributed by atoms with Crippen LogP contribution in [-0.4, -0.2) is 55.9 Å². The van der Waals surface area contributed by atoms with Crippen molar-refractivity contribution in [3.05, 3.63) is 23.8 Å². The highest BCUT2D eigenvalue weighted by Gasteiger charge is 2.29. The highest BCUT2D eigenvalue weighted by molar-refractivity contribution is 7.88. The second-order valence-electron chi connectivity index (χ2n) is 6.29. The fraction of sp³-hybridized carbons (Fsp3) is 0.529. The van der Waals surface area contributed by atoms with E-state index >= 15 is 0 Å². The fourth-order valence-corrected chi connectivity index (χ4v) is 4.15. The number of hydrazone groups is 1. The van der Waals surface area contributed by atoms with Crippen molar-refractivity contribution in [3.63, 3.8) is 0 Å². The minimum Gasteiger partial charge on any atom is -0.504 e. The van der Waals surface area contributed by atoms with Crippen LogP contribution in [0.4, 0.5) is 0 Å². The lowest BCUT2D eigenvalue weighted by atomic mass is 9.95. The predicted octanol–water partition coefficient (Wildman–Crippen LogP) is 1.45. The quantitative estimate of drug-likeness (QED) is 0.547. The van der Waals surface area contributed by atoms with E-state index in [4.69, 9.17) is 4.74 Å². The third kappa shape index (κ3) is 5.43. The van der Waals surface area contributed by atoms with Crippen molar-refractivity contribution in [2.45, 2.75) is 38.1 Å². The number of nitrogens with zero attached hydrogens (tertiary/aromatic N) is 2. The number of ether oxygens (including phenoxy) is 1. The van der Waals surface area contributed by atoms with E-state index in [1.165, 1.54) is 17.6 Å². The number of methoxy groups -OCH3 is 1. The van der Waals surface area contributed by atoms with Gasteiger partial charge in [-0.1, -0.05) is 25.3 Å². The number of aromatic hydroxyl groups is 1. The van der Waals surface area contributed by atoms with Crippen LogP contribution in [0.1, 0.15) is 37.7 Å². The maximum absolute atomic E-state index is 12.1. The van der Waals surface area contributed by atoms with Crippen molar-refractivity contribution in [3.8, 4) is 11.5 Å². The summed E-state index contributed by atoms with van der Waals surface area (Å²) in [5.74, 6) is -0.326. The number of phenols is 1. The number of hydrogen-bond acceptors (Lipinski definition) is 6. The number of benzene rings is 1. The monoisotopic (exact) mass is 383 g/mol. The van der Waals surface area contributed by atoms with Crippen LogP contribution in [-0.2, 0) is 14.8 Å². The molecule has 26 heavy (non-hydrogen) atoms. The Balaban J connectivity index is 2.00. The van der Waals surface area contributed by atoms with Crippen molar-refractivity contribution >= 4 is 22.1 Å². The van der Waals surface area contributed by atoms with Gasteiger partial charge in [0.05, 0.1) is 26.1 Å². The Bertz CT molecular complexity index is 758. The average Bonchev–Trinajstić information content (AvgIpc) is 2.61. The molecule has 1 aromatic rings. The van der Waals surface area contributed by atoms with E-state index in [0.717, 1.165) is 38.4 Å². The van der Waals surface area contributed by atoms with Crippen LogP contribution in [0.5, 0.6) is 11.5 Å². The molecule has 0 heterocycles. The molecule has 9 heteroatoms. The molecule has 1 saturated carbocycles. The van der Waals surface area contributed by atoms with Gasteiger partial charge in [-0.05, 0) is 25.0 Å². The molecule has 1 aliphatic carbocycles. The Morgan fingerprint density at radius 1 is 1.38 bits per heavy atom. The number of phenolic OH excluding ortho intramolecular Hbond substituents is 1. The molecule has 1 fully saturated rings. The van der Waals surface area contributed by atoms with Gasteiger partial charge >= 0.3 is 0 Å². The zero-order chi connectivity index (χ0) is 19.2. The molecule has 0 aromatic heterocycles. The zero-order valence-corrected chi connectivity index (χ0v) is 15.8. The first-order valence-electron chi connectivity index (χ1n) is 8.47. The molecule has 0 radical (unpaired) electrons. The molecular formula is C17H25N3O5S. The van der Waals surface area contributed by atoms with E-state index in [2.05, 4.69) is 10.5 Å². The van der Waals surface area contributed by atoms with E-state index < -0.39 is 15.9 Å². The van der Waals surface area contributed by atoms with Crippen LogP contribution in [0.15, 0.2) is 23.3 Å². The Hall–Kier alpha value is -2.13. The van der Waals surface area contributed by atoms with E-state index in [0.29, 0.717) is 11.3 Å². The van der Waals surface area contributed by atoms with Gasteiger partial charge in [0.25, 0.3) is 5.91 Å². The van der Waals surface area contributed by atoms with E-state index in [9.17, 15) is 18.3 Å². The van der Waals surface area contributed by atoms with Gasteiger partial charge < -0.3 is 9.84 Å². The highest BCUT2D eigenvalue weighted by Crippen LogP contribution is 2.28. The Labute approximate surface area is 153 Å². The van der Waals surface area contributed by atoms with Crippen molar-refractivity contribution < 1.29 is 23.1 Å². The molecule has 0 unspecified atom stereocenters. The van der Waals surface area contributed by atoms with Crippen LogP contribution in [0.3, 0.4) is 0 Å². The summed E-state index contributed by atoms with van der Waals surface area (Å²) in [5.41, 5.74) is 2.68. The molecular weight excluding hydrogens is 358 g/mol. The molecule has 8 nitrogen and oxygen atoms in total. The normalized spacial score (nSPS) is 16.1. The lowest BCUT2D eigenvalue weighted by Gasteiger charge is -2.31. The third-order valence-corrected chi connectivity index (χ3v) is 5.63. The summed E-state index contributed by atoms with van der Waals surface area (Å²) in [7, 11) is -2.06. The summed E-state index contributed by atoms with van der Waals surface area (Å²) in [6.45, 7) is -0.273. The van der Waals surface area contributed by atoms with Gasteiger partial charge in [-0.3, -0.25) is 4.79 Å². The second kappa shape index (κ2) is 9.00. The van der Waals surface area contributed by atoms with Gasteiger partial charge in [0.15, 0.2) is 11.5 Å². The molecule has 144 valence electrons. The number of amides is 1. The van der Waals surface area contributed by atoms with Crippen LogP contribution < -0.4 is 10.2 Å². The minimum absolute atomic E-state index is 0.0898. The van der Waals surface area contributed by atoms with Crippen LogP contribution in [0.2, 0.25) is 0 Å². The van der Waals surface area contributed by atoms with Crippen molar-refractivity contribution in [1.29, 1.82) is 0 Å². The van der Waals surface area contributed by atoms with Gasteiger partial charge in [-0.2, -0.15) is 9.41 Å². The molecule has 1 amide bonds. The Kier molecular flexibility index (Phi) is 6.98. The maximum atomic E-state index is 12.1. The molecule has 2 rings (SSSR count). The van der Waals surface area contributed by atoms with Crippen LogP contribution >= 0.6 is 0 Å². The van der Waals surface area contributed by atoms with Gasteiger partial charge in [0.1, 0.15) is 0 Å². The number of nitrogens with one attached hydrogen (secondary N) is 1. The topological polar surface area (TPSA) is 108 Å². The number of para-hydroxylation sites is 1. The van der Waals surface area contributed by atoms with Crippen LogP contribution in [0, 0.1) is 0 Å². The first-order chi connectivity index (χ1) is 12.3. The summed E-state index contributed by atoms with van der Waals surface area (Å²) in [4.78, 5) is 12.1. The van der Waals surface area contributed by atoms with E-state index in [1.54, 1.807) is 18.2 Å². The number of rotatable bonds is 7. The average molecular weight is 383 g/mol. The summed E-state index contributed by atoms with van der Waals surface area (Å²) in [6.07, 6.45) is 6.95. The Morgan fingerprint density at radius 3 is 2.69 bits per heavy atom. The first kappa shape index (κ1) is 20.2. The molecule has 0 spiro atoms. The summed E-state index contributed by atoms with van der Waals surface area (Å²) in [6, 6.07) is 4.74. The van der Waals surface area contributed by atoms with Gasteiger partial charge in [0.2, 0.25) is 10.0 Å². The number of carbonyl (C=O) groups excluding carboxylic acids is 1.